The third-order valence-corrected chi connectivity index (χ3v) is 3.39. The summed E-state index contributed by atoms with van der Waals surface area (Å²) in [6, 6.07) is 0.173. The van der Waals surface area contributed by atoms with Crippen LogP contribution in [0.3, 0.4) is 0 Å². The predicted molar refractivity (Wildman–Crippen MR) is 70.3 cm³/mol. The molecule has 0 aliphatic carbocycles. The number of nitrogens with one attached hydrogen (secondary N) is 1. The van der Waals surface area contributed by atoms with Crippen molar-refractivity contribution in [3.8, 4) is 6.01 Å². The lowest BCUT2D eigenvalue weighted by molar-refractivity contribution is 0.378. The summed E-state index contributed by atoms with van der Waals surface area (Å²) in [7, 11) is 1.48. The molecular weight excluding hydrogens is 274 g/mol. The number of nitrogens with zero attached hydrogens (tertiary/aromatic N) is 4. The number of methoxy groups -OCH3 is 1. The number of aromatic nitrogens is 4. The molecule has 2 heterocycles. The fourth-order valence-corrected chi connectivity index (χ4v) is 2.24. The summed E-state index contributed by atoms with van der Waals surface area (Å²) in [6.07, 6.45) is 1.83. The average molecular weight is 286 g/mol. The standard InChI is InChI=1S/C10H12ClN5OS/c1-5-4-12-7(18-5)6(2)13-9-14-8(11)15-10(16-9)17-3/h4,6H,1-3H3,(H,13,14,15,16). The highest BCUT2D eigenvalue weighted by atomic mass is 35.5. The van der Waals surface area contributed by atoms with Crippen molar-refractivity contribution in [3.63, 3.8) is 0 Å². The van der Waals surface area contributed by atoms with E-state index in [1.807, 2.05) is 20.0 Å². The second-order valence-electron chi connectivity index (χ2n) is 3.59. The van der Waals surface area contributed by atoms with Gasteiger partial charge in [-0.05, 0) is 25.4 Å². The van der Waals surface area contributed by atoms with Crippen LogP contribution in [0.2, 0.25) is 5.28 Å². The molecule has 0 saturated carbocycles. The van der Waals surface area contributed by atoms with Crippen LogP contribution in [0.25, 0.3) is 0 Å². The van der Waals surface area contributed by atoms with E-state index in [1.54, 1.807) is 11.3 Å². The van der Waals surface area contributed by atoms with Gasteiger partial charge in [-0.2, -0.15) is 15.0 Å². The van der Waals surface area contributed by atoms with Gasteiger partial charge in [-0.15, -0.1) is 11.3 Å². The van der Waals surface area contributed by atoms with Crippen molar-refractivity contribution in [2.24, 2.45) is 0 Å². The molecule has 0 saturated heterocycles. The normalized spacial score (nSPS) is 12.2. The van der Waals surface area contributed by atoms with Crippen LogP contribution >= 0.6 is 22.9 Å². The van der Waals surface area contributed by atoms with Gasteiger partial charge in [0.15, 0.2) is 0 Å². The van der Waals surface area contributed by atoms with E-state index in [4.69, 9.17) is 16.3 Å². The zero-order valence-corrected chi connectivity index (χ0v) is 11.7. The molecule has 8 heteroatoms. The third kappa shape index (κ3) is 3.05. The molecule has 1 N–H and O–H groups in total. The minimum absolute atomic E-state index is 0.00753. The maximum absolute atomic E-state index is 5.77. The van der Waals surface area contributed by atoms with Gasteiger partial charge in [-0.3, -0.25) is 0 Å². The maximum Gasteiger partial charge on any atom is 0.322 e. The minimum atomic E-state index is -0.00753. The van der Waals surface area contributed by atoms with Crippen LogP contribution < -0.4 is 10.1 Å². The van der Waals surface area contributed by atoms with Crippen LogP contribution in [-0.2, 0) is 0 Å². The fourth-order valence-electron chi connectivity index (χ4n) is 1.32. The Bertz CT molecular complexity index is 547. The molecule has 0 radical (unpaired) electrons. The number of ether oxygens (including phenoxy) is 1. The largest absolute Gasteiger partial charge is 0.467 e. The first-order valence-electron chi connectivity index (χ1n) is 5.23. The van der Waals surface area contributed by atoms with E-state index < -0.39 is 0 Å². The summed E-state index contributed by atoms with van der Waals surface area (Å²) in [4.78, 5) is 17.3. The Hall–Kier alpha value is -1.47. The second-order valence-corrected chi connectivity index (χ2v) is 5.19. The number of hydrogen-bond acceptors (Lipinski definition) is 7. The molecule has 2 rings (SSSR count). The van der Waals surface area contributed by atoms with Crippen molar-refractivity contribution in [3.05, 3.63) is 21.4 Å². The van der Waals surface area contributed by atoms with Crippen LogP contribution in [0.4, 0.5) is 5.95 Å². The zero-order valence-electron chi connectivity index (χ0n) is 10.1. The van der Waals surface area contributed by atoms with Crippen molar-refractivity contribution in [1.82, 2.24) is 19.9 Å². The number of hydrogen-bond donors (Lipinski definition) is 1. The van der Waals surface area contributed by atoms with Gasteiger partial charge in [0, 0.05) is 11.1 Å². The van der Waals surface area contributed by atoms with Crippen molar-refractivity contribution < 1.29 is 4.74 Å². The van der Waals surface area contributed by atoms with E-state index in [1.165, 1.54) is 7.11 Å². The lowest BCUT2D eigenvalue weighted by Gasteiger charge is -2.11. The third-order valence-electron chi connectivity index (χ3n) is 2.13. The Morgan fingerprint density at radius 3 is 2.78 bits per heavy atom. The Morgan fingerprint density at radius 2 is 2.17 bits per heavy atom. The number of aryl methyl sites for hydroxylation is 1. The summed E-state index contributed by atoms with van der Waals surface area (Å²) in [5.41, 5.74) is 0. The molecule has 0 amide bonds. The average Bonchev–Trinajstić information content (AvgIpc) is 2.75. The quantitative estimate of drug-likeness (QED) is 0.930. The summed E-state index contributed by atoms with van der Waals surface area (Å²) in [5.74, 6) is 0.368. The van der Waals surface area contributed by atoms with Crippen molar-refractivity contribution in [2.45, 2.75) is 19.9 Å². The molecule has 0 aromatic carbocycles. The van der Waals surface area contributed by atoms with Gasteiger partial charge < -0.3 is 10.1 Å². The van der Waals surface area contributed by atoms with Crippen molar-refractivity contribution >= 4 is 28.9 Å². The Morgan fingerprint density at radius 1 is 1.39 bits per heavy atom. The number of thiazole rings is 1. The molecule has 2 aromatic rings. The Labute approximate surface area is 113 Å². The summed E-state index contributed by atoms with van der Waals surface area (Å²) in [5, 5.41) is 4.16. The molecular formula is C10H12ClN5OS. The van der Waals surface area contributed by atoms with Gasteiger partial charge in [0.25, 0.3) is 0 Å². The van der Waals surface area contributed by atoms with E-state index in [2.05, 4.69) is 25.3 Å². The van der Waals surface area contributed by atoms with Gasteiger partial charge in [-0.25, -0.2) is 4.98 Å². The predicted octanol–water partition coefficient (Wildman–Crippen LogP) is 2.47. The lowest BCUT2D eigenvalue weighted by atomic mass is 10.4. The first-order chi connectivity index (χ1) is 8.58. The molecule has 96 valence electrons. The second kappa shape index (κ2) is 5.45. The first-order valence-corrected chi connectivity index (χ1v) is 6.42. The maximum atomic E-state index is 5.77. The topological polar surface area (TPSA) is 72.8 Å². The van der Waals surface area contributed by atoms with Gasteiger partial charge in [0.1, 0.15) is 5.01 Å². The lowest BCUT2D eigenvalue weighted by Crippen LogP contribution is -2.10. The van der Waals surface area contributed by atoms with E-state index in [9.17, 15) is 0 Å². The summed E-state index contributed by atoms with van der Waals surface area (Å²) in [6.45, 7) is 3.99. The van der Waals surface area contributed by atoms with Crippen LogP contribution in [0.1, 0.15) is 22.9 Å². The smallest absolute Gasteiger partial charge is 0.322 e. The van der Waals surface area contributed by atoms with Gasteiger partial charge in [0.2, 0.25) is 11.2 Å². The van der Waals surface area contributed by atoms with Crippen LogP contribution in [-0.4, -0.2) is 27.0 Å². The highest BCUT2D eigenvalue weighted by Crippen LogP contribution is 2.22. The van der Waals surface area contributed by atoms with Crippen LogP contribution in [0, 0.1) is 6.92 Å². The SMILES string of the molecule is COc1nc(Cl)nc(NC(C)c2ncc(C)s2)n1. The number of anilines is 1. The van der Waals surface area contributed by atoms with Crippen molar-refractivity contribution in [1.29, 1.82) is 0 Å². The molecule has 0 fully saturated rings. The van der Waals surface area contributed by atoms with E-state index in [-0.39, 0.29) is 17.3 Å². The van der Waals surface area contributed by atoms with Gasteiger partial charge in [0.05, 0.1) is 13.2 Å². The highest BCUT2D eigenvalue weighted by Gasteiger charge is 2.12. The molecule has 18 heavy (non-hydrogen) atoms. The molecule has 2 aromatic heterocycles. The summed E-state index contributed by atoms with van der Waals surface area (Å²) >= 11 is 7.39. The van der Waals surface area contributed by atoms with Gasteiger partial charge >= 0.3 is 6.01 Å². The monoisotopic (exact) mass is 285 g/mol. The minimum Gasteiger partial charge on any atom is -0.467 e. The molecule has 0 aliphatic heterocycles. The first kappa shape index (κ1) is 13.0. The van der Waals surface area contributed by atoms with E-state index in [0.29, 0.717) is 5.95 Å². The number of rotatable bonds is 4. The van der Waals surface area contributed by atoms with Crippen LogP contribution in [0.15, 0.2) is 6.20 Å². The molecule has 0 bridgehead atoms. The molecule has 6 nitrogen and oxygen atoms in total. The van der Waals surface area contributed by atoms with Gasteiger partial charge in [-0.1, -0.05) is 0 Å². The van der Waals surface area contributed by atoms with Crippen LogP contribution in [0.5, 0.6) is 6.01 Å². The van der Waals surface area contributed by atoms with E-state index in [0.717, 1.165) is 9.88 Å². The Kier molecular flexibility index (Phi) is 3.93. The fraction of sp³-hybridized carbons (Fsp3) is 0.400. The highest BCUT2D eigenvalue weighted by molar-refractivity contribution is 7.11. The molecule has 1 atom stereocenters. The van der Waals surface area contributed by atoms with Crippen molar-refractivity contribution in [2.75, 3.05) is 12.4 Å². The number of halogens is 1. The van der Waals surface area contributed by atoms with E-state index >= 15 is 0 Å². The molecule has 1 unspecified atom stereocenters. The zero-order chi connectivity index (χ0) is 13.1. The Balaban J connectivity index is 2.16. The molecule has 0 spiro atoms. The molecule has 0 aliphatic rings. The summed E-state index contributed by atoms with van der Waals surface area (Å²) < 4.78 is 4.93.